The molecule has 20 heavy (non-hydrogen) atoms. The van der Waals surface area contributed by atoms with Crippen LogP contribution in [0.2, 0.25) is 0 Å². The van der Waals surface area contributed by atoms with Gasteiger partial charge in [0.1, 0.15) is 0 Å². The van der Waals surface area contributed by atoms with E-state index in [1.807, 2.05) is 6.07 Å². The highest BCUT2D eigenvalue weighted by atomic mass is 32.2. The van der Waals surface area contributed by atoms with Crippen LogP contribution < -0.4 is 5.32 Å². The topological polar surface area (TPSA) is 55.2 Å². The molecule has 0 aliphatic heterocycles. The Labute approximate surface area is 122 Å². The quantitative estimate of drug-likeness (QED) is 0.501. The van der Waals surface area contributed by atoms with Crippen molar-refractivity contribution in [3.63, 3.8) is 0 Å². The highest BCUT2D eigenvalue weighted by molar-refractivity contribution is 7.98. The fourth-order valence-corrected chi connectivity index (χ4v) is 2.28. The van der Waals surface area contributed by atoms with Gasteiger partial charge in [-0.1, -0.05) is 24.3 Å². The molecular formula is C15H16N2O2S. The lowest BCUT2D eigenvalue weighted by Crippen LogP contribution is -2.12. The van der Waals surface area contributed by atoms with Crippen molar-refractivity contribution < 1.29 is 4.92 Å². The Morgan fingerprint density at radius 2 is 1.80 bits per heavy atom. The van der Waals surface area contributed by atoms with Crippen LogP contribution in [-0.4, -0.2) is 11.2 Å². The van der Waals surface area contributed by atoms with Gasteiger partial charge in [-0.2, -0.15) is 0 Å². The van der Waals surface area contributed by atoms with Crippen molar-refractivity contribution in [2.24, 2.45) is 0 Å². The van der Waals surface area contributed by atoms with Crippen LogP contribution in [0.5, 0.6) is 0 Å². The molecule has 0 unspecified atom stereocenters. The Morgan fingerprint density at radius 1 is 1.10 bits per heavy atom. The maximum atomic E-state index is 10.7. The van der Waals surface area contributed by atoms with E-state index in [0.717, 1.165) is 12.1 Å². The molecule has 0 saturated heterocycles. The summed E-state index contributed by atoms with van der Waals surface area (Å²) in [5, 5.41) is 14.0. The standard InChI is InChI=1S/C15H16N2O2S/c1-20-15-7-5-12(6-8-15)10-16-11-13-3-2-4-14(9-13)17(18)19/h2-9,16H,10-11H2,1H3. The van der Waals surface area contributed by atoms with E-state index in [0.29, 0.717) is 6.54 Å². The van der Waals surface area contributed by atoms with Gasteiger partial charge in [-0.15, -0.1) is 11.8 Å². The number of non-ortho nitro benzene ring substituents is 1. The Balaban J connectivity index is 1.88. The van der Waals surface area contributed by atoms with Gasteiger partial charge in [0.15, 0.2) is 0 Å². The van der Waals surface area contributed by atoms with E-state index in [1.165, 1.54) is 16.5 Å². The van der Waals surface area contributed by atoms with E-state index < -0.39 is 0 Å². The van der Waals surface area contributed by atoms with Gasteiger partial charge in [-0.3, -0.25) is 10.1 Å². The van der Waals surface area contributed by atoms with Gasteiger partial charge in [-0.25, -0.2) is 0 Å². The van der Waals surface area contributed by atoms with Gasteiger partial charge in [0.25, 0.3) is 5.69 Å². The molecule has 2 rings (SSSR count). The molecule has 0 bridgehead atoms. The second kappa shape index (κ2) is 7.07. The number of hydrogen-bond donors (Lipinski definition) is 1. The van der Waals surface area contributed by atoms with E-state index in [2.05, 4.69) is 35.8 Å². The van der Waals surface area contributed by atoms with E-state index in [9.17, 15) is 10.1 Å². The van der Waals surface area contributed by atoms with Gasteiger partial charge >= 0.3 is 0 Å². The third-order valence-corrected chi connectivity index (χ3v) is 3.68. The molecule has 104 valence electrons. The number of nitrogens with one attached hydrogen (secondary N) is 1. The van der Waals surface area contributed by atoms with Crippen LogP contribution in [0.3, 0.4) is 0 Å². The molecule has 0 amide bonds. The Kier molecular flexibility index (Phi) is 5.15. The Morgan fingerprint density at radius 3 is 2.45 bits per heavy atom. The van der Waals surface area contributed by atoms with Crippen LogP contribution in [0.15, 0.2) is 53.4 Å². The van der Waals surface area contributed by atoms with Crippen molar-refractivity contribution in [3.05, 3.63) is 69.8 Å². The van der Waals surface area contributed by atoms with Crippen molar-refractivity contribution in [2.45, 2.75) is 18.0 Å². The number of rotatable bonds is 6. The monoisotopic (exact) mass is 288 g/mol. The first kappa shape index (κ1) is 14.6. The van der Waals surface area contributed by atoms with Gasteiger partial charge in [-0.05, 0) is 29.5 Å². The Bertz CT molecular complexity index is 585. The van der Waals surface area contributed by atoms with E-state index in [4.69, 9.17) is 0 Å². The molecule has 0 aliphatic rings. The number of benzene rings is 2. The largest absolute Gasteiger partial charge is 0.309 e. The van der Waals surface area contributed by atoms with E-state index >= 15 is 0 Å². The van der Waals surface area contributed by atoms with Crippen LogP contribution in [0, 0.1) is 10.1 Å². The molecule has 0 spiro atoms. The molecule has 1 N–H and O–H groups in total. The molecule has 0 radical (unpaired) electrons. The average Bonchev–Trinajstić information content (AvgIpc) is 2.48. The predicted octanol–water partition coefficient (Wildman–Crippen LogP) is 3.61. The number of thioether (sulfide) groups is 1. The van der Waals surface area contributed by atoms with E-state index in [-0.39, 0.29) is 10.6 Å². The minimum Gasteiger partial charge on any atom is -0.309 e. The Hall–Kier alpha value is -1.85. The first-order chi connectivity index (χ1) is 9.69. The minimum absolute atomic E-state index is 0.133. The summed E-state index contributed by atoms with van der Waals surface area (Å²) < 4.78 is 0. The van der Waals surface area contributed by atoms with Crippen molar-refractivity contribution in [1.82, 2.24) is 5.32 Å². The molecule has 0 atom stereocenters. The molecule has 0 saturated carbocycles. The van der Waals surface area contributed by atoms with Crippen molar-refractivity contribution >= 4 is 17.4 Å². The summed E-state index contributed by atoms with van der Waals surface area (Å²) in [6.07, 6.45) is 2.05. The van der Waals surface area contributed by atoms with Crippen molar-refractivity contribution in [1.29, 1.82) is 0 Å². The maximum absolute atomic E-state index is 10.7. The summed E-state index contributed by atoms with van der Waals surface area (Å²) >= 11 is 1.72. The number of nitro groups is 1. The van der Waals surface area contributed by atoms with Crippen LogP contribution in [-0.2, 0) is 13.1 Å². The SMILES string of the molecule is CSc1ccc(CNCc2cccc([N+](=O)[O-])c2)cc1. The summed E-state index contributed by atoms with van der Waals surface area (Å²) in [6.45, 7) is 1.36. The highest BCUT2D eigenvalue weighted by Crippen LogP contribution is 2.15. The van der Waals surface area contributed by atoms with Crippen LogP contribution in [0.1, 0.15) is 11.1 Å². The molecule has 2 aromatic carbocycles. The summed E-state index contributed by atoms with van der Waals surface area (Å²) in [5.41, 5.74) is 2.25. The molecule has 2 aromatic rings. The maximum Gasteiger partial charge on any atom is 0.269 e. The summed E-state index contributed by atoms with van der Waals surface area (Å²) in [6, 6.07) is 15.1. The summed E-state index contributed by atoms with van der Waals surface area (Å²) in [5.74, 6) is 0. The molecule has 0 aromatic heterocycles. The first-order valence-corrected chi connectivity index (χ1v) is 7.48. The average molecular weight is 288 g/mol. The zero-order valence-electron chi connectivity index (χ0n) is 11.2. The van der Waals surface area contributed by atoms with Crippen molar-refractivity contribution in [2.75, 3.05) is 6.26 Å². The molecule has 4 nitrogen and oxygen atoms in total. The smallest absolute Gasteiger partial charge is 0.269 e. The van der Waals surface area contributed by atoms with Crippen molar-refractivity contribution in [3.8, 4) is 0 Å². The van der Waals surface area contributed by atoms with Gasteiger partial charge in [0.05, 0.1) is 4.92 Å². The summed E-state index contributed by atoms with van der Waals surface area (Å²) in [7, 11) is 0. The van der Waals surface area contributed by atoms with Crippen LogP contribution in [0.25, 0.3) is 0 Å². The van der Waals surface area contributed by atoms with Gasteiger partial charge in [0.2, 0.25) is 0 Å². The second-order valence-corrected chi connectivity index (χ2v) is 5.26. The third-order valence-electron chi connectivity index (χ3n) is 2.94. The zero-order chi connectivity index (χ0) is 14.4. The lowest BCUT2D eigenvalue weighted by atomic mass is 10.2. The minimum atomic E-state index is -0.370. The molecule has 5 heteroatoms. The number of nitrogens with zero attached hydrogens (tertiary/aromatic N) is 1. The third kappa shape index (κ3) is 4.08. The molecule has 0 heterocycles. The second-order valence-electron chi connectivity index (χ2n) is 4.38. The van der Waals surface area contributed by atoms with E-state index in [1.54, 1.807) is 23.9 Å². The number of nitro benzene ring substituents is 1. The summed E-state index contributed by atoms with van der Waals surface area (Å²) in [4.78, 5) is 11.6. The molecule has 0 aliphatic carbocycles. The van der Waals surface area contributed by atoms with Gasteiger partial charge < -0.3 is 5.32 Å². The first-order valence-electron chi connectivity index (χ1n) is 6.26. The molecule has 0 fully saturated rings. The van der Waals surface area contributed by atoms with Gasteiger partial charge in [0, 0.05) is 30.1 Å². The molecular weight excluding hydrogens is 272 g/mol. The fraction of sp³-hybridized carbons (Fsp3) is 0.200. The zero-order valence-corrected chi connectivity index (χ0v) is 12.0. The highest BCUT2D eigenvalue weighted by Gasteiger charge is 2.05. The van der Waals surface area contributed by atoms with Crippen LogP contribution in [0.4, 0.5) is 5.69 Å². The lowest BCUT2D eigenvalue weighted by Gasteiger charge is -2.06. The predicted molar refractivity (Wildman–Crippen MR) is 81.9 cm³/mol. The van der Waals surface area contributed by atoms with Crippen LogP contribution >= 0.6 is 11.8 Å². The number of hydrogen-bond acceptors (Lipinski definition) is 4. The normalized spacial score (nSPS) is 10.4. The lowest BCUT2D eigenvalue weighted by molar-refractivity contribution is -0.384. The fourth-order valence-electron chi connectivity index (χ4n) is 1.87.